The van der Waals surface area contributed by atoms with E-state index in [1.807, 2.05) is 65.0 Å². The molecule has 302 valence electrons. The summed E-state index contributed by atoms with van der Waals surface area (Å²) in [6, 6.07) is 7.68. The van der Waals surface area contributed by atoms with E-state index in [0.29, 0.717) is 18.2 Å². The van der Waals surface area contributed by atoms with Crippen LogP contribution < -0.4 is 26.0 Å². The summed E-state index contributed by atoms with van der Waals surface area (Å²) in [6.45, 7) is 9.86. The molecule has 1 aliphatic heterocycles. The van der Waals surface area contributed by atoms with Crippen LogP contribution in [0.25, 0.3) is 11.0 Å². The Bertz CT molecular complexity index is 1830. The molecule has 1 saturated heterocycles. The fourth-order valence-electron chi connectivity index (χ4n) is 7.83. The first-order valence-corrected chi connectivity index (χ1v) is 20.3. The highest BCUT2D eigenvalue weighted by Gasteiger charge is 2.47. The van der Waals surface area contributed by atoms with E-state index in [9.17, 15) is 24.0 Å². The molecule has 0 unspecified atom stereocenters. The number of para-hydroxylation sites is 2. The third-order valence-corrected chi connectivity index (χ3v) is 11.2. The fourth-order valence-corrected chi connectivity index (χ4v) is 7.83. The van der Waals surface area contributed by atoms with Crippen molar-refractivity contribution in [1.29, 1.82) is 0 Å². The van der Waals surface area contributed by atoms with Crippen LogP contribution in [0.1, 0.15) is 97.5 Å². The largest absolute Gasteiger partial charge is 0.477 e. The van der Waals surface area contributed by atoms with Gasteiger partial charge >= 0.3 is 0 Å². The molecule has 2 saturated carbocycles. The lowest BCUT2D eigenvalue weighted by Gasteiger charge is -2.37. The number of ether oxygens (including phenoxy) is 1. The summed E-state index contributed by atoms with van der Waals surface area (Å²) in [4.78, 5) is 83.4. The van der Waals surface area contributed by atoms with Gasteiger partial charge in [-0.05, 0) is 74.5 Å². The number of nitrogens with one attached hydrogen (secondary N) is 5. The topological polar surface area (TPSA) is 188 Å². The number of carbonyl (C=O) groups is 5. The molecule has 3 heterocycles. The van der Waals surface area contributed by atoms with Crippen LogP contribution in [-0.4, -0.2) is 92.6 Å². The van der Waals surface area contributed by atoms with Crippen molar-refractivity contribution in [2.24, 2.45) is 17.3 Å². The van der Waals surface area contributed by atoms with E-state index >= 15 is 0 Å². The molecule has 2 aliphatic carbocycles. The molecule has 6 rings (SSSR count). The number of hydrogen-bond donors (Lipinski definition) is 5. The van der Waals surface area contributed by atoms with Crippen molar-refractivity contribution >= 4 is 46.4 Å². The number of benzene rings is 1. The lowest BCUT2D eigenvalue weighted by Crippen LogP contribution is -2.61. The summed E-state index contributed by atoms with van der Waals surface area (Å²) in [6.07, 6.45) is 9.30. The number of rotatable bonds is 16. The molecule has 2 aromatic heterocycles. The predicted molar refractivity (Wildman–Crippen MR) is 213 cm³/mol. The third-order valence-electron chi connectivity index (χ3n) is 11.2. The van der Waals surface area contributed by atoms with Crippen molar-refractivity contribution in [2.45, 2.75) is 129 Å². The molecule has 56 heavy (non-hydrogen) atoms. The highest BCUT2D eigenvalue weighted by molar-refractivity contribution is 6.38. The van der Waals surface area contributed by atoms with E-state index in [0.717, 1.165) is 61.5 Å². The summed E-state index contributed by atoms with van der Waals surface area (Å²) in [5, 5.41) is 12.1. The van der Waals surface area contributed by atoms with Crippen LogP contribution in [0.4, 0.5) is 5.95 Å². The number of nitrogens with zero attached hydrogens (tertiary/aromatic N) is 3. The van der Waals surface area contributed by atoms with E-state index in [1.54, 1.807) is 12.3 Å². The van der Waals surface area contributed by atoms with Gasteiger partial charge in [0.15, 0.2) is 0 Å². The van der Waals surface area contributed by atoms with Crippen molar-refractivity contribution in [1.82, 2.24) is 35.8 Å². The molecular weight excluding hydrogens is 713 g/mol. The number of H-pyrrole nitrogens is 1. The van der Waals surface area contributed by atoms with E-state index in [2.05, 4.69) is 36.2 Å². The molecule has 14 nitrogen and oxygen atoms in total. The van der Waals surface area contributed by atoms with Crippen molar-refractivity contribution in [3.63, 3.8) is 0 Å². The van der Waals surface area contributed by atoms with Gasteiger partial charge in [-0.25, -0.2) is 9.97 Å². The van der Waals surface area contributed by atoms with Crippen LogP contribution in [0, 0.1) is 24.2 Å². The summed E-state index contributed by atoms with van der Waals surface area (Å²) in [5.41, 5.74) is 1.87. The second-order valence-electron chi connectivity index (χ2n) is 17.0. The number of Topliss-reactive ketones (excluding diaryl/α,β-unsaturated/α-hetero) is 1. The summed E-state index contributed by atoms with van der Waals surface area (Å²) in [7, 11) is 0. The third kappa shape index (κ3) is 10.2. The van der Waals surface area contributed by atoms with Crippen LogP contribution in [0.2, 0.25) is 0 Å². The average Bonchev–Trinajstić information content (AvgIpc) is 3.72. The summed E-state index contributed by atoms with van der Waals surface area (Å²) < 4.78 is 6.03. The van der Waals surface area contributed by atoms with Gasteiger partial charge in [-0.1, -0.05) is 71.6 Å². The maximum atomic E-state index is 14.9. The number of aryl methyl sites for hydroxylation is 1. The van der Waals surface area contributed by atoms with Gasteiger partial charge in [0.05, 0.1) is 23.7 Å². The number of likely N-dealkylation sites (tertiary alicyclic amines) is 1. The normalized spacial score (nSPS) is 20.5. The second kappa shape index (κ2) is 17.8. The summed E-state index contributed by atoms with van der Waals surface area (Å²) in [5.74, 6) is -1.95. The van der Waals surface area contributed by atoms with Gasteiger partial charge in [0, 0.05) is 30.8 Å². The van der Waals surface area contributed by atoms with Gasteiger partial charge < -0.3 is 35.9 Å². The minimum atomic E-state index is -1.03. The first kappa shape index (κ1) is 40.6. The van der Waals surface area contributed by atoms with Crippen LogP contribution in [0.15, 0.2) is 42.6 Å². The number of carbonyl (C=O) groups excluding carboxylic acids is 5. The highest BCUT2D eigenvalue weighted by Crippen LogP contribution is 2.32. The van der Waals surface area contributed by atoms with Gasteiger partial charge in [-0.15, -0.1) is 0 Å². The van der Waals surface area contributed by atoms with Crippen LogP contribution in [0.5, 0.6) is 5.88 Å². The van der Waals surface area contributed by atoms with E-state index in [4.69, 9.17) is 4.74 Å². The molecule has 4 amide bonds. The molecule has 0 radical (unpaired) electrons. The fraction of sp³-hybridized carbons (Fsp3) is 0.595. The average molecular weight is 771 g/mol. The second-order valence-corrected chi connectivity index (χ2v) is 17.0. The molecule has 3 fully saturated rings. The quantitative estimate of drug-likeness (QED) is 0.130. The standard InChI is InChI=1S/C42H58N8O6/c1-6-12-31(35(51)39(54)44-28-18-19-28)45-37(52)32-21-26(24-56-33-20-17-25(2)22-43-33)23-50(32)40(55)36(42(3,4)5)49-38(53)34(27-13-8-7-9-14-27)48-41-46-29-15-10-11-16-30(29)47-41/h10-11,15-17,20,22,26-28,31-32,34,36H,6-9,12-14,18-19,21,23-24H2,1-5H3,(H,44,54)(H,45,52)(H,49,53)(H2,46,47,48)/t26-,31+,32+,34+,36-/m1/s1. The Kier molecular flexibility index (Phi) is 13.0. The van der Waals surface area contributed by atoms with Gasteiger partial charge in [0.1, 0.15) is 18.1 Å². The number of ketones is 1. The van der Waals surface area contributed by atoms with E-state index < -0.39 is 53.1 Å². The smallest absolute Gasteiger partial charge is 0.289 e. The van der Waals surface area contributed by atoms with E-state index in [-0.39, 0.29) is 49.8 Å². The lowest BCUT2D eigenvalue weighted by molar-refractivity contribution is -0.145. The number of imidazole rings is 1. The highest BCUT2D eigenvalue weighted by atomic mass is 16.5. The van der Waals surface area contributed by atoms with Gasteiger partial charge in [0.2, 0.25) is 35.3 Å². The molecular formula is C42H58N8O6. The molecule has 3 aliphatic rings. The first-order valence-electron chi connectivity index (χ1n) is 20.3. The number of pyridine rings is 1. The van der Waals surface area contributed by atoms with Crippen molar-refractivity contribution < 1.29 is 28.7 Å². The Hall–Kier alpha value is -5.01. The summed E-state index contributed by atoms with van der Waals surface area (Å²) >= 11 is 0. The minimum absolute atomic E-state index is 0.00711. The van der Waals surface area contributed by atoms with Crippen LogP contribution >= 0.6 is 0 Å². The minimum Gasteiger partial charge on any atom is -0.477 e. The maximum absolute atomic E-state index is 14.9. The first-order chi connectivity index (χ1) is 26.8. The van der Waals surface area contributed by atoms with Gasteiger partial charge in [-0.3, -0.25) is 24.0 Å². The Morgan fingerprint density at radius 1 is 0.982 bits per heavy atom. The Morgan fingerprint density at radius 2 is 1.73 bits per heavy atom. The predicted octanol–water partition coefficient (Wildman–Crippen LogP) is 4.59. The number of fused-ring (bicyclic) bond motifs is 1. The van der Waals surface area contributed by atoms with Crippen molar-refractivity contribution in [3.05, 3.63) is 48.2 Å². The molecule has 1 aromatic carbocycles. The molecule has 0 spiro atoms. The Labute approximate surface area is 329 Å². The Balaban J connectivity index is 1.23. The number of amides is 4. The number of hydrogen-bond acceptors (Lipinski definition) is 9. The molecule has 5 N–H and O–H groups in total. The monoisotopic (exact) mass is 770 g/mol. The van der Waals surface area contributed by atoms with Crippen molar-refractivity contribution in [3.8, 4) is 5.88 Å². The lowest BCUT2D eigenvalue weighted by atomic mass is 9.82. The SMILES string of the molecule is CCC[C@H](NC(=O)[C@@H]1C[C@@H](COc2ccc(C)cn2)CN1C(=O)[C@@H](NC(=O)[C@@H](Nc1nc2ccccc2[nH]1)C1CCCCC1)C(C)(C)C)C(=O)C(=O)NC1CC1. The number of aromatic nitrogens is 3. The molecule has 14 heteroatoms. The zero-order chi connectivity index (χ0) is 40.0. The number of anilines is 1. The van der Waals surface area contributed by atoms with Crippen molar-refractivity contribution in [2.75, 3.05) is 18.5 Å². The number of aromatic amines is 1. The molecule has 0 bridgehead atoms. The van der Waals surface area contributed by atoms with Gasteiger partial charge in [0.25, 0.3) is 5.91 Å². The zero-order valence-corrected chi connectivity index (χ0v) is 33.4. The maximum Gasteiger partial charge on any atom is 0.289 e. The van der Waals surface area contributed by atoms with E-state index in [1.165, 1.54) is 4.90 Å². The van der Waals surface area contributed by atoms with Crippen LogP contribution in [-0.2, 0) is 24.0 Å². The molecule has 3 aromatic rings. The zero-order valence-electron chi connectivity index (χ0n) is 33.4. The Morgan fingerprint density at radius 3 is 2.39 bits per heavy atom. The van der Waals surface area contributed by atoms with Crippen LogP contribution in [0.3, 0.4) is 0 Å². The van der Waals surface area contributed by atoms with Gasteiger partial charge in [-0.2, -0.15) is 0 Å². The molecule has 5 atom stereocenters.